The Morgan fingerprint density at radius 2 is 1.59 bits per heavy atom. The van der Waals surface area contributed by atoms with E-state index < -0.39 is 0 Å². The lowest BCUT2D eigenvalue weighted by molar-refractivity contribution is 0.411. The predicted octanol–water partition coefficient (Wildman–Crippen LogP) is 4.51. The van der Waals surface area contributed by atoms with Crippen molar-refractivity contribution < 1.29 is 0 Å². The number of anilines is 1. The van der Waals surface area contributed by atoms with Gasteiger partial charge < -0.3 is 4.90 Å². The molecule has 0 aliphatic rings. The zero-order valence-electron chi connectivity index (χ0n) is 12.2. The second-order valence-electron chi connectivity index (χ2n) is 6.28. The predicted molar refractivity (Wildman–Crippen MR) is 77.8 cm³/mol. The van der Waals surface area contributed by atoms with Crippen molar-refractivity contribution in [2.75, 3.05) is 11.4 Å². The van der Waals surface area contributed by atoms with E-state index in [-0.39, 0.29) is 0 Å². The van der Waals surface area contributed by atoms with Crippen LogP contribution < -0.4 is 4.90 Å². The Labute approximate surface area is 107 Å². The summed E-state index contributed by atoms with van der Waals surface area (Å²) < 4.78 is 0. The molecule has 0 radical (unpaired) electrons. The van der Waals surface area contributed by atoms with Gasteiger partial charge in [-0.3, -0.25) is 0 Å². The minimum absolute atomic E-state index is 0.365. The van der Waals surface area contributed by atoms with Crippen LogP contribution in [-0.4, -0.2) is 12.6 Å². The molecule has 1 nitrogen and oxygen atoms in total. The summed E-state index contributed by atoms with van der Waals surface area (Å²) >= 11 is 0. The quantitative estimate of drug-likeness (QED) is 0.739. The average molecular weight is 233 g/mol. The zero-order chi connectivity index (χ0) is 13.1. The van der Waals surface area contributed by atoms with Gasteiger partial charge in [0.25, 0.3) is 0 Å². The van der Waals surface area contributed by atoms with Crippen LogP contribution in [0.2, 0.25) is 0 Å². The third kappa shape index (κ3) is 4.41. The fraction of sp³-hybridized carbons (Fsp3) is 0.625. The summed E-state index contributed by atoms with van der Waals surface area (Å²) in [5.74, 6) is 0. The fourth-order valence-electron chi connectivity index (χ4n) is 2.26. The minimum atomic E-state index is 0.365. The van der Waals surface area contributed by atoms with Gasteiger partial charge in [-0.25, -0.2) is 0 Å². The SMILES string of the molecule is CCN(c1ccc(CC(C)(C)C)cc1)C(C)C. The van der Waals surface area contributed by atoms with Crippen molar-refractivity contribution in [1.29, 1.82) is 0 Å². The van der Waals surface area contributed by atoms with Crippen molar-refractivity contribution in [1.82, 2.24) is 0 Å². The summed E-state index contributed by atoms with van der Waals surface area (Å²) in [6.45, 7) is 14.6. The molecule has 0 amide bonds. The van der Waals surface area contributed by atoms with Crippen molar-refractivity contribution in [3.8, 4) is 0 Å². The highest BCUT2D eigenvalue weighted by Gasteiger charge is 2.12. The van der Waals surface area contributed by atoms with Crippen LogP contribution in [0.3, 0.4) is 0 Å². The van der Waals surface area contributed by atoms with E-state index in [0.717, 1.165) is 13.0 Å². The van der Waals surface area contributed by atoms with E-state index in [2.05, 4.69) is 70.7 Å². The average Bonchev–Trinajstić information content (AvgIpc) is 2.18. The van der Waals surface area contributed by atoms with E-state index in [0.29, 0.717) is 11.5 Å². The summed E-state index contributed by atoms with van der Waals surface area (Å²) in [5, 5.41) is 0. The molecule has 0 spiro atoms. The third-order valence-electron chi connectivity index (χ3n) is 2.97. The first-order valence-corrected chi connectivity index (χ1v) is 6.69. The Hall–Kier alpha value is -0.980. The first-order valence-electron chi connectivity index (χ1n) is 6.69. The van der Waals surface area contributed by atoms with Crippen LogP contribution in [0.5, 0.6) is 0 Å². The standard InChI is InChI=1S/C16H27N/c1-7-17(13(2)3)15-10-8-14(9-11-15)12-16(4,5)6/h8-11,13H,7,12H2,1-6H3. The molecule has 17 heavy (non-hydrogen) atoms. The molecule has 96 valence electrons. The molecule has 0 saturated heterocycles. The lowest BCUT2D eigenvalue weighted by Crippen LogP contribution is -2.30. The van der Waals surface area contributed by atoms with Crippen LogP contribution in [0, 0.1) is 5.41 Å². The van der Waals surface area contributed by atoms with Crippen LogP contribution >= 0.6 is 0 Å². The second kappa shape index (κ2) is 5.57. The molecule has 1 aromatic carbocycles. The molecule has 0 aliphatic carbocycles. The van der Waals surface area contributed by atoms with Gasteiger partial charge in [-0.05, 0) is 50.3 Å². The van der Waals surface area contributed by atoms with Gasteiger partial charge in [0.05, 0.1) is 0 Å². The van der Waals surface area contributed by atoms with Gasteiger partial charge in [-0.2, -0.15) is 0 Å². The molecule has 0 heterocycles. The molecule has 0 aliphatic heterocycles. The molecule has 0 fully saturated rings. The highest BCUT2D eigenvalue weighted by atomic mass is 15.1. The van der Waals surface area contributed by atoms with Crippen LogP contribution in [-0.2, 0) is 6.42 Å². The van der Waals surface area contributed by atoms with Crippen LogP contribution in [0.1, 0.15) is 47.1 Å². The molecule has 1 aromatic rings. The van der Waals surface area contributed by atoms with Crippen molar-refractivity contribution >= 4 is 5.69 Å². The van der Waals surface area contributed by atoms with Crippen molar-refractivity contribution in [3.05, 3.63) is 29.8 Å². The fourth-order valence-corrected chi connectivity index (χ4v) is 2.26. The lowest BCUT2D eigenvalue weighted by atomic mass is 9.88. The smallest absolute Gasteiger partial charge is 0.0368 e. The maximum absolute atomic E-state index is 2.42. The summed E-state index contributed by atoms with van der Waals surface area (Å²) in [6, 6.07) is 9.61. The molecular weight excluding hydrogens is 206 g/mol. The Bertz CT molecular complexity index is 330. The van der Waals surface area contributed by atoms with Gasteiger partial charge in [0.15, 0.2) is 0 Å². The number of hydrogen-bond donors (Lipinski definition) is 0. The number of rotatable bonds is 4. The van der Waals surface area contributed by atoms with Crippen molar-refractivity contribution in [2.45, 2.75) is 54.0 Å². The molecule has 0 aromatic heterocycles. The van der Waals surface area contributed by atoms with Crippen LogP contribution in [0.4, 0.5) is 5.69 Å². The second-order valence-corrected chi connectivity index (χ2v) is 6.28. The van der Waals surface area contributed by atoms with E-state index >= 15 is 0 Å². The van der Waals surface area contributed by atoms with Crippen LogP contribution in [0.15, 0.2) is 24.3 Å². The van der Waals surface area contributed by atoms with Crippen molar-refractivity contribution in [3.63, 3.8) is 0 Å². The molecule has 0 unspecified atom stereocenters. The largest absolute Gasteiger partial charge is 0.369 e. The Kier molecular flexibility index (Phi) is 4.62. The zero-order valence-corrected chi connectivity index (χ0v) is 12.2. The van der Waals surface area contributed by atoms with Gasteiger partial charge >= 0.3 is 0 Å². The van der Waals surface area contributed by atoms with Gasteiger partial charge in [-0.15, -0.1) is 0 Å². The molecule has 0 atom stereocenters. The van der Waals surface area contributed by atoms with E-state index in [9.17, 15) is 0 Å². The molecule has 0 N–H and O–H groups in total. The first kappa shape index (κ1) is 14.1. The van der Waals surface area contributed by atoms with E-state index in [1.165, 1.54) is 11.3 Å². The maximum atomic E-state index is 2.42. The Morgan fingerprint density at radius 1 is 1.06 bits per heavy atom. The molecular formula is C16H27N. The highest BCUT2D eigenvalue weighted by Crippen LogP contribution is 2.23. The topological polar surface area (TPSA) is 3.24 Å². The molecule has 0 bridgehead atoms. The van der Waals surface area contributed by atoms with Crippen LogP contribution in [0.25, 0.3) is 0 Å². The molecule has 0 saturated carbocycles. The Balaban J connectivity index is 2.80. The highest BCUT2D eigenvalue weighted by molar-refractivity contribution is 5.48. The van der Waals surface area contributed by atoms with Gasteiger partial charge in [-0.1, -0.05) is 32.9 Å². The minimum Gasteiger partial charge on any atom is -0.369 e. The van der Waals surface area contributed by atoms with Gasteiger partial charge in [0.1, 0.15) is 0 Å². The number of nitrogens with zero attached hydrogens (tertiary/aromatic N) is 1. The number of hydrogen-bond acceptors (Lipinski definition) is 1. The van der Waals surface area contributed by atoms with E-state index in [1.54, 1.807) is 0 Å². The normalized spacial score (nSPS) is 11.9. The van der Waals surface area contributed by atoms with Gasteiger partial charge in [0.2, 0.25) is 0 Å². The summed E-state index contributed by atoms with van der Waals surface area (Å²) in [5.41, 5.74) is 3.13. The Morgan fingerprint density at radius 3 is 1.94 bits per heavy atom. The lowest BCUT2D eigenvalue weighted by Gasteiger charge is -2.28. The first-order chi connectivity index (χ1) is 7.83. The van der Waals surface area contributed by atoms with Crippen molar-refractivity contribution in [2.24, 2.45) is 5.41 Å². The summed E-state index contributed by atoms with van der Waals surface area (Å²) in [6.07, 6.45) is 1.14. The molecule has 1 heteroatoms. The van der Waals surface area contributed by atoms with Gasteiger partial charge in [0, 0.05) is 18.3 Å². The number of benzene rings is 1. The van der Waals surface area contributed by atoms with E-state index in [1.807, 2.05) is 0 Å². The summed E-state index contributed by atoms with van der Waals surface area (Å²) in [4.78, 5) is 2.42. The molecule has 1 rings (SSSR count). The monoisotopic (exact) mass is 233 g/mol. The summed E-state index contributed by atoms with van der Waals surface area (Å²) in [7, 11) is 0. The third-order valence-corrected chi connectivity index (χ3v) is 2.97. The van der Waals surface area contributed by atoms with E-state index in [4.69, 9.17) is 0 Å². The maximum Gasteiger partial charge on any atom is 0.0368 e.